The Morgan fingerprint density at radius 3 is 2.93 bits per heavy atom. The summed E-state index contributed by atoms with van der Waals surface area (Å²) in [5.74, 6) is 0.731. The zero-order valence-electron chi connectivity index (χ0n) is 8.90. The van der Waals surface area contributed by atoms with Gasteiger partial charge in [-0.15, -0.1) is 11.8 Å². The summed E-state index contributed by atoms with van der Waals surface area (Å²) in [4.78, 5) is 13.5. The summed E-state index contributed by atoms with van der Waals surface area (Å²) in [5, 5.41) is 9.56. The van der Waals surface area contributed by atoms with E-state index in [1.807, 2.05) is 4.90 Å². The number of likely N-dealkylation sites (tertiary alicyclic amines) is 1. The monoisotopic (exact) mass is 217 g/mol. The van der Waals surface area contributed by atoms with Crippen molar-refractivity contribution in [2.75, 3.05) is 18.9 Å². The van der Waals surface area contributed by atoms with E-state index in [4.69, 9.17) is 5.11 Å². The molecule has 0 unspecified atom stereocenters. The third-order valence-corrected chi connectivity index (χ3v) is 3.53. The molecule has 0 saturated carbocycles. The molecular formula is C10H19NO2S. The normalized spacial score (nSPS) is 22.0. The van der Waals surface area contributed by atoms with Crippen molar-refractivity contribution >= 4 is 17.7 Å². The van der Waals surface area contributed by atoms with Gasteiger partial charge in [-0.1, -0.05) is 13.8 Å². The van der Waals surface area contributed by atoms with Gasteiger partial charge < -0.3 is 10.0 Å². The largest absolute Gasteiger partial charge is 0.394 e. The lowest BCUT2D eigenvalue weighted by molar-refractivity contribution is -0.129. The van der Waals surface area contributed by atoms with Crippen molar-refractivity contribution < 1.29 is 9.90 Å². The minimum atomic E-state index is 0.0789. The standard InChI is InChI=1S/C10H19NO2S/c1-8(2)14-7-10(13)11-5-3-4-9(11)6-12/h8-9,12H,3-7H2,1-2H3/t9-/m1/s1. The van der Waals surface area contributed by atoms with Crippen molar-refractivity contribution in [1.82, 2.24) is 4.90 Å². The molecule has 0 bridgehead atoms. The highest BCUT2D eigenvalue weighted by Crippen LogP contribution is 2.19. The van der Waals surface area contributed by atoms with E-state index in [-0.39, 0.29) is 18.6 Å². The molecule has 0 spiro atoms. The van der Waals surface area contributed by atoms with Crippen LogP contribution in [0.25, 0.3) is 0 Å². The number of amides is 1. The van der Waals surface area contributed by atoms with E-state index in [0.29, 0.717) is 11.0 Å². The first-order valence-corrected chi connectivity index (χ1v) is 6.22. The molecule has 1 saturated heterocycles. The zero-order valence-corrected chi connectivity index (χ0v) is 9.72. The van der Waals surface area contributed by atoms with E-state index in [1.54, 1.807) is 11.8 Å². The van der Waals surface area contributed by atoms with Crippen LogP contribution >= 0.6 is 11.8 Å². The fourth-order valence-electron chi connectivity index (χ4n) is 1.67. The molecule has 4 heteroatoms. The Kier molecular flexibility index (Phi) is 4.75. The number of nitrogens with zero attached hydrogens (tertiary/aromatic N) is 1. The average Bonchev–Trinajstić information content (AvgIpc) is 2.61. The molecule has 3 nitrogen and oxygen atoms in total. The van der Waals surface area contributed by atoms with E-state index >= 15 is 0 Å². The SMILES string of the molecule is CC(C)SCC(=O)N1CCC[C@@H]1CO. The second-order valence-electron chi connectivity index (χ2n) is 3.93. The van der Waals surface area contributed by atoms with Gasteiger partial charge in [0.2, 0.25) is 5.91 Å². The third kappa shape index (κ3) is 3.17. The van der Waals surface area contributed by atoms with Crippen molar-refractivity contribution in [3.63, 3.8) is 0 Å². The van der Waals surface area contributed by atoms with E-state index in [0.717, 1.165) is 19.4 Å². The maximum atomic E-state index is 11.7. The highest BCUT2D eigenvalue weighted by atomic mass is 32.2. The molecule has 0 aromatic carbocycles. The lowest BCUT2D eigenvalue weighted by atomic mass is 10.2. The number of carbonyl (C=O) groups excluding carboxylic acids is 1. The van der Waals surface area contributed by atoms with Crippen LogP contribution in [0.1, 0.15) is 26.7 Å². The fraction of sp³-hybridized carbons (Fsp3) is 0.900. The van der Waals surface area contributed by atoms with Crippen LogP contribution in [0.3, 0.4) is 0 Å². The van der Waals surface area contributed by atoms with Crippen LogP contribution in [-0.2, 0) is 4.79 Å². The van der Waals surface area contributed by atoms with Gasteiger partial charge in [-0.05, 0) is 18.1 Å². The maximum absolute atomic E-state index is 11.7. The smallest absolute Gasteiger partial charge is 0.232 e. The Hall–Kier alpha value is -0.220. The van der Waals surface area contributed by atoms with Crippen molar-refractivity contribution in [3.05, 3.63) is 0 Å². The molecule has 0 aliphatic carbocycles. The van der Waals surface area contributed by atoms with Crippen LogP contribution in [0.2, 0.25) is 0 Å². The number of carbonyl (C=O) groups is 1. The highest BCUT2D eigenvalue weighted by Gasteiger charge is 2.27. The molecule has 1 amide bonds. The van der Waals surface area contributed by atoms with Crippen LogP contribution in [0, 0.1) is 0 Å². The van der Waals surface area contributed by atoms with Gasteiger partial charge >= 0.3 is 0 Å². The number of hydrogen-bond acceptors (Lipinski definition) is 3. The van der Waals surface area contributed by atoms with Gasteiger partial charge in [-0.3, -0.25) is 4.79 Å². The zero-order chi connectivity index (χ0) is 10.6. The summed E-state index contributed by atoms with van der Waals surface area (Å²) in [5.41, 5.74) is 0. The van der Waals surface area contributed by atoms with Gasteiger partial charge in [-0.25, -0.2) is 0 Å². The Balaban J connectivity index is 2.35. The van der Waals surface area contributed by atoms with Crippen LogP contribution in [-0.4, -0.2) is 46.1 Å². The molecule has 1 aliphatic rings. The Morgan fingerprint density at radius 1 is 1.64 bits per heavy atom. The van der Waals surface area contributed by atoms with Gasteiger partial charge in [0.15, 0.2) is 0 Å². The Labute approximate surface area is 89.9 Å². The summed E-state index contributed by atoms with van der Waals surface area (Å²) in [7, 11) is 0. The number of thioether (sulfide) groups is 1. The minimum absolute atomic E-state index is 0.0789. The quantitative estimate of drug-likeness (QED) is 0.767. The van der Waals surface area contributed by atoms with Crippen molar-refractivity contribution in [2.24, 2.45) is 0 Å². The predicted octanol–water partition coefficient (Wildman–Crippen LogP) is 1.11. The van der Waals surface area contributed by atoms with Gasteiger partial charge in [-0.2, -0.15) is 0 Å². The van der Waals surface area contributed by atoms with E-state index in [1.165, 1.54) is 0 Å². The lowest BCUT2D eigenvalue weighted by Gasteiger charge is -2.23. The second kappa shape index (κ2) is 5.61. The first-order valence-electron chi connectivity index (χ1n) is 5.17. The van der Waals surface area contributed by atoms with Crippen LogP contribution in [0.4, 0.5) is 0 Å². The predicted molar refractivity (Wildman–Crippen MR) is 59.4 cm³/mol. The average molecular weight is 217 g/mol. The Bertz CT molecular complexity index is 197. The highest BCUT2D eigenvalue weighted by molar-refractivity contribution is 8.00. The number of aliphatic hydroxyl groups excluding tert-OH is 1. The summed E-state index contributed by atoms with van der Waals surface area (Å²) in [6, 6.07) is 0.0789. The molecule has 1 atom stereocenters. The molecule has 14 heavy (non-hydrogen) atoms. The first-order chi connectivity index (χ1) is 6.65. The van der Waals surface area contributed by atoms with Gasteiger partial charge in [0.05, 0.1) is 18.4 Å². The number of rotatable bonds is 4. The summed E-state index contributed by atoms with van der Waals surface area (Å²) >= 11 is 1.67. The van der Waals surface area contributed by atoms with Gasteiger partial charge in [0, 0.05) is 6.54 Å². The van der Waals surface area contributed by atoms with Gasteiger partial charge in [0.25, 0.3) is 0 Å². The topological polar surface area (TPSA) is 40.5 Å². The van der Waals surface area contributed by atoms with Crippen molar-refractivity contribution in [3.8, 4) is 0 Å². The number of hydrogen-bond donors (Lipinski definition) is 1. The van der Waals surface area contributed by atoms with Crippen LogP contribution < -0.4 is 0 Å². The molecule has 0 aromatic rings. The molecule has 1 heterocycles. The lowest BCUT2D eigenvalue weighted by Crippen LogP contribution is -2.38. The van der Waals surface area contributed by atoms with E-state index in [9.17, 15) is 4.79 Å². The molecule has 0 radical (unpaired) electrons. The minimum Gasteiger partial charge on any atom is -0.394 e. The molecule has 1 aliphatic heterocycles. The van der Waals surface area contributed by atoms with Crippen LogP contribution in [0.15, 0.2) is 0 Å². The van der Waals surface area contributed by atoms with Crippen LogP contribution in [0.5, 0.6) is 0 Å². The van der Waals surface area contributed by atoms with E-state index < -0.39 is 0 Å². The Morgan fingerprint density at radius 2 is 2.36 bits per heavy atom. The van der Waals surface area contributed by atoms with E-state index in [2.05, 4.69) is 13.8 Å². The number of aliphatic hydroxyl groups is 1. The van der Waals surface area contributed by atoms with Gasteiger partial charge in [0.1, 0.15) is 0 Å². The summed E-state index contributed by atoms with van der Waals surface area (Å²) < 4.78 is 0. The van der Waals surface area contributed by atoms with Crippen molar-refractivity contribution in [2.45, 2.75) is 38.0 Å². The maximum Gasteiger partial charge on any atom is 0.232 e. The fourth-order valence-corrected chi connectivity index (χ4v) is 2.32. The summed E-state index contributed by atoms with van der Waals surface area (Å²) in [6.07, 6.45) is 1.98. The first kappa shape index (κ1) is 11.9. The second-order valence-corrected chi connectivity index (χ2v) is 5.49. The molecule has 0 aromatic heterocycles. The molecule has 1 fully saturated rings. The molecule has 1 N–H and O–H groups in total. The molecule has 1 rings (SSSR count). The summed E-state index contributed by atoms with van der Waals surface area (Å²) in [6.45, 7) is 5.11. The third-order valence-electron chi connectivity index (χ3n) is 2.45. The molecular weight excluding hydrogens is 198 g/mol. The van der Waals surface area contributed by atoms with Crippen molar-refractivity contribution in [1.29, 1.82) is 0 Å². The molecule has 82 valence electrons.